The van der Waals surface area contributed by atoms with Crippen molar-refractivity contribution in [1.29, 1.82) is 0 Å². The number of hydrazone groups is 1. The molecule has 0 atom stereocenters. The molecule has 9 heteroatoms. The molecule has 0 unspecified atom stereocenters. The van der Waals surface area contributed by atoms with Gasteiger partial charge < -0.3 is 10.1 Å². The molecule has 0 radical (unpaired) electrons. The highest BCUT2D eigenvalue weighted by molar-refractivity contribution is 7.80. The summed E-state index contributed by atoms with van der Waals surface area (Å²) in [6.07, 6.45) is 2.47. The van der Waals surface area contributed by atoms with Crippen molar-refractivity contribution in [2.75, 3.05) is 19.8 Å². The first-order valence-electron chi connectivity index (χ1n) is 8.18. The fraction of sp³-hybridized carbons (Fsp3) is 0.353. The van der Waals surface area contributed by atoms with Gasteiger partial charge in [0.15, 0.2) is 5.11 Å². The van der Waals surface area contributed by atoms with Crippen molar-refractivity contribution < 1.29 is 4.74 Å². The van der Waals surface area contributed by atoms with Gasteiger partial charge in [0.05, 0.1) is 23.2 Å². The van der Waals surface area contributed by atoms with Crippen LogP contribution < -0.4 is 10.7 Å². The van der Waals surface area contributed by atoms with E-state index in [0.717, 1.165) is 24.4 Å². The summed E-state index contributed by atoms with van der Waals surface area (Å²) in [6, 6.07) is 7.31. The van der Waals surface area contributed by atoms with Crippen molar-refractivity contribution >= 4 is 46.7 Å². The zero-order valence-corrected chi connectivity index (χ0v) is 17.0. The number of ether oxygens (including phenoxy) is 1. The Balaban J connectivity index is 1.95. The summed E-state index contributed by atoms with van der Waals surface area (Å²) < 4.78 is 6.88. The lowest BCUT2D eigenvalue weighted by Crippen LogP contribution is -2.33. The number of thiocarbonyl (C=S) groups is 1. The summed E-state index contributed by atoms with van der Waals surface area (Å²) >= 11 is 17.6. The van der Waals surface area contributed by atoms with Gasteiger partial charge in [-0.1, -0.05) is 29.3 Å². The van der Waals surface area contributed by atoms with Crippen LogP contribution >= 0.6 is 35.4 Å². The number of hydrogen-bond donors (Lipinski definition) is 2. The van der Waals surface area contributed by atoms with Gasteiger partial charge in [-0.2, -0.15) is 10.2 Å². The lowest BCUT2D eigenvalue weighted by atomic mass is 10.3. The Morgan fingerprint density at radius 3 is 2.96 bits per heavy atom. The first-order chi connectivity index (χ1) is 12.5. The van der Waals surface area contributed by atoms with Gasteiger partial charge in [-0.05, 0) is 50.7 Å². The fourth-order valence-corrected chi connectivity index (χ4v) is 2.81. The molecule has 0 spiro atoms. The maximum Gasteiger partial charge on any atom is 0.186 e. The van der Waals surface area contributed by atoms with Crippen LogP contribution in [0.4, 0.5) is 0 Å². The van der Waals surface area contributed by atoms with Crippen LogP contribution in [0.5, 0.6) is 0 Å². The van der Waals surface area contributed by atoms with Crippen LogP contribution in [0.15, 0.2) is 29.4 Å². The van der Waals surface area contributed by atoms with E-state index in [1.54, 1.807) is 23.0 Å². The molecule has 0 amide bonds. The van der Waals surface area contributed by atoms with Gasteiger partial charge in [0.2, 0.25) is 0 Å². The molecule has 1 heterocycles. The SMILES string of the molecule is CCOCCCNC(=S)N/N=C\c1c(C)nn(-c2cccc(Cl)c2)c1Cl. The zero-order valence-electron chi connectivity index (χ0n) is 14.6. The van der Waals surface area contributed by atoms with Crippen molar-refractivity contribution in [3.8, 4) is 5.69 Å². The van der Waals surface area contributed by atoms with Crippen LogP contribution in [0, 0.1) is 6.92 Å². The number of halogens is 2. The summed E-state index contributed by atoms with van der Waals surface area (Å²) in [6.45, 7) is 5.96. The number of nitrogens with one attached hydrogen (secondary N) is 2. The molecule has 1 aromatic carbocycles. The normalized spacial score (nSPS) is 11.1. The molecule has 0 aliphatic carbocycles. The maximum absolute atomic E-state index is 6.44. The Bertz CT molecular complexity index is 779. The highest BCUT2D eigenvalue weighted by Gasteiger charge is 2.13. The third-order valence-corrected chi connectivity index (χ3v) is 4.25. The highest BCUT2D eigenvalue weighted by atomic mass is 35.5. The van der Waals surface area contributed by atoms with E-state index in [4.69, 9.17) is 40.2 Å². The van der Waals surface area contributed by atoms with Crippen molar-refractivity contribution in [3.63, 3.8) is 0 Å². The van der Waals surface area contributed by atoms with E-state index in [9.17, 15) is 0 Å². The number of benzene rings is 1. The molecule has 2 N–H and O–H groups in total. The van der Waals surface area contributed by atoms with E-state index >= 15 is 0 Å². The van der Waals surface area contributed by atoms with E-state index in [1.807, 2.05) is 26.0 Å². The number of nitrogens with zero attached hydrogens (tertiary/aromatic N) is 3. The van der Waals surface area contributed by atoms with Crippen LogP contribution in [0.1, 0.15) is 24.6 Å². The lowest BCUT2D eigenvalue weighted by Gasteiger charge is -2.06. The van der Waals surface area contributed by atoms with Crippen LogP contribution in [0.25, 0.3) is 5.69 Å². The second kappa shape index (κ2) is 10.5. The van der Waals surface area contributed by atoms with Crippen molar-refractivity contribution in [2.45, 2.75) is 20.3 Å². The summed E-state index contributed by atoms with van der Waals surface area (Å²) in [5.74, 6) is 0. The van der Waals surface area contributed by atoms with Gasteiger partial charge in [0, 0.05) is 24.8 Å². The van der Waals surface area contributed by atoms with Gasteiger partial charge in [0.1, 0.15) is 5.15 Å². The third kappa shape index (κ3) is 5.95. The van der Waals surface area contributed by atoms with Crippen molar-refractivity contribution in [1.82, 2.24) is 20.5 Å². The second-order valence-electron chi connectivity index (χ2n) is 5.36. The Labute approximate surface area is 168 Å². The Hall–Kier alpha value is -1.67. The minimum absolute atomic E-state index is 0.439. The minimum atomic E-state index is 0.439. The molecule has 6 nitrogen and oxygen atoms in total. The lowest BCUT2D eigenvalue weighted by molar-refractivity contribution is 0.145. The van der Waals surface area contributed by atoms with Gasteiger partial charge in [-0.3, -0.25) is 5.43 Å². The van der Waals surface area contributed by atoms with E-state index in [2.05, 4.69) is 20.9 Å². The molecular formula is C17H21Cl2N5OS. The van der Waals surface area contributed by atoms with E-state index in [1.165, 1.54) is 0 Å². The second-order valence-corrected chi connectivity index (χ2v) is 6.56. The predicted octanol–water partition coefficient (Wildman–Crippen LogP) is 3.71. The molecule has 0 aliphatic heterocycles. The van der Waals surface area contributed by atoms with Crippen LogP contribution in [0.2, 0.25) is 10.2 Å². The molecule has 0 bridgehead atoms. The van der Waals surface area contributed by atoms with Crippen LogP contribution in [-0.4, -0.2) is 40.9 Å². The van der Waals surface area contributed by atoms with Crippen LogP contribution in [-0.2, 0) is 4.74 Å². The fourth-order valence-electron chi connectivity index (χ4n) is 2.15. The molecule has 26 heavy (non-hydrogen) atoms. The molecule has 0 saturated heterocycles. The van der Waals surface area contributed by atoms with Gasteiger partial charge in [-0.15, -0.1) is 0 Å². The molecule has 0 fully saturated rings. The average Bonchev–Trinajstić information content (AvgIpc) is 2.90. The summed E-state index contributed by atoms with van der Waals surface area (Å²) in [5.41, 5.74) is 5.00. The Kier molecular flexibility index (Phi) is 8.31. The summed E-state index contributed by atoms with van der Waals surface area (Å²) in [4.78, 5) is 0. The Morgan fingerprint density at radius 1 is 1.42 bits per heavy atom. The number of hydrogen-bond acceptors (Lipinski definition) is 4. The summed E-state index contributed by atoms with van der Waals surface area (Å²) in [7, 11) is 0. The quantitative estimate of drug-likeness (QED) is 0.299. The van der Waals surface area contributed by atoms with Gasteiger partial charge in [0.25, 0.3) is 0 Å². The number of aryl methyl sites for hydroxylation is 1. The number of aromatic nitrogens is 2. The third-order valence-electron chi connectivity index (χ3n) is 3.42. The standard InChI is InChI=1S/C17H21Cl2N5OS/c1-3-25-9-5-8-20-17(26)22-21-11-15-12(2)23-24(16(15)19)14-7-4-6-13(18)10-14/h4,6-7,10-11H,3,5,8-9H2,1-2H3,(H2,20,22,26)/b21-11-. The molecule has 1 aromatic heterocycles. The van der Waals surface area contributed by atoms with E-state index in [-0.39, 0.29) is 0 Å². The molecule has 140 valence electrons. The average molecular weight is 414 g/mol. The highest BCUT2D eigenvalue weighted by Crippen LogP contribution is 2.23. The van der Waals surface area contributed by atoms with Crippen molar-refractivity contribution in [3.05, 3.63) is 45.7 Å². The van der Waals surface area contributed by atoms with Crippen LogP contribution in [0.3, 0.4) is 0 Å². The molecule has 2 aromatic rings. The van der Waals surface area contributed by atoms with Gasteiger partial charge in [-0.25, -0.2) is 4.68 Å². The molecule has 0 aliphatic rings. The van der Waals surface area contributed by atoms with Gasteiger partial charge >= 0.3 is 0 Å². The molecular weight excluding hydrogens is 393 g/mol. The largest absolute Gasteiger partial charge is 0.382 e. The van der Waals surface area contributed by atoms with E-state index < -0.39 is 0 Å². The first kappa shape index (κ1) is 20.6. The first-order valence-corrected chi connectivity index (χ1v) is 9.35. The molecule has 2 rings (SSSR count). The molecule has 0 saturated carbocycles. The smallest absolute Gasteiger partial charge is 0.186 e. The number of rotatable bonds is 8. The maximum atomic E-state index is 6.44. The Morgan fingerprint density at radius 2 is 2.23 bits per heavy atom. The summed E-state index contributed by atoms with van der Waals surface area (Å²) in [5, 5.41) is 13.1. The minimum Gasteiger partial charge on any atom is -0.382 e. The topological polar surface area (TPSA) is 63.5 Å². The monoisotopic (exact) mass is 413 g/mol. The zero-order chi connectivity index (χ0) is 18.9. The predicted molar refractivity (Wildman–Crippen MR) is 111 cm³/mol. The van der Waals surface area contributed by atoms with Crippen molar-refractivity contribution in [2.24, 2.45) is 5.10 Å². The van der Waals surface area contributed by atoms with E-state index in [0.29, 0.717) is 34.0 Å².